The first-order valence-electron chi connectivity index (χ1n) is 8.88. The second-order valence-corrected chi connectivity index (χ2v) is 6.44. The summed E-state index contributed by atoms with van der Waals surface area (Å²) in [6, 6.07) is 11.2. The number of ketones is 1. The van der Waals surface area contributed by atoms with Crippen LogP contribution in [0.4, 0.5) is 5.69 Å². The first kappa shape index (κ1) is 18.6. The molecule has 3 rings (SSSR count). The molecular weight excluding hydrogens is 346 g/mol. The molecule has 0 bridgehead atoms. The molecule has 0 unspecified atom stereocenters. The van der Waals surface area contributed by atoms with Gasteiger partial charge < -0.3 is 9.47 Å². The number of carbonyl (C=O) groups is 1. The Morgan fingerprint density at radius 1 is 1.11 bits per heavy atom. The second-order valence-electron chi connectivity index (χ2n) is 6.44. The maximum atomic E-state index is 12.5. The number of nitro groups is 1. The van der Waals surface area contributed by atoms with Gasteiger partial charge in [0.2, 0.25) is 0 Å². The maximum absolute atomic E-state index is 12.5. The number of rotatable bonds is 7. The molecule has 6 heteroatoms. The molecule has 1 aliphatic carbocycles. The van der Waals surface area contributed by atoms with Crippen molar-refractivity contribution in [3.05, 3.63) is 69.8 Å². The van der Waals surface area contributed by atoms with Crippen LogP contribution in [0.25, 0.3) is 6.08 Å². The fourth-order valence-electron chi connectivity index (χ4n) is 3.08. The lowest BCUT2D eigenvalue weighted by molar-refractivity contribution is -0.384. The van der Waals surface area contributed by atoms with Gasteiger partial charge in [-0.25, -0.2) is 0 Å². The van der Waals surface area contributed by atoms with E-state index < -0.39 is 4.92 Å². The average Bonchev–Trinajstić information content (AvgIpc) is 3.19. The quantitative estimate of drug-likeness (QED) is 0.303. The summed E-state index contributed by atoms with van der Waals surface area (Å²) < 4.78 is 11.4. The van der Waals surface area contributed by atoms with Crippen molar-refractivity contribution in [1.82, 2.24) is 0 Å². The molecule has 6 nitrogen and oxygen atoms in total. The Hall–Kier alpha value is -3.15. The fraction of sp³-hybridized carbons (Fsp3) is 0.286. The van der Waals surface area contributed by atoms with Gasteiger partial charge in [0.1, 0.15) is 0 Å². The SMILES string of the molecule is COc1ccc(C(=O)/C=C/c2ccc([N+](=O)[O-])cc2)cc1OC1CCCC1. The van der Waals surface area contributed by atoms with Crippen LogP contribution in [0.5, 0.6) is 11.5 Å². The average molecular weight is 367 g/mol. The molecule has 140 valence electrons. The Balaban J connectivity index is 1.74. The predicted octanol–water partition coefficient (Wildman–Crippen LogP) is 4.82. The Bertz CT molecular complexity index is 851. The molecule has 0 saturated heterocycles. The number of allylic oxidation sites excluding steroid dienone is 1. The lowest BCUT2D eigenvalue weighted by Crippen LogP contribution is -2.12. The number of methoxy groups -OCH3 is 1. The van der Waals surface area contributed by atoms with Crippen LogP contribution in [0.2, 0.25) is 0 Å². The minimum Gasteiger partial charge on any atom is -0.493 e. The van der Waals surface area contributed by atoms with Crippen molar-refractivity contribution in [3.8, 4) is 11.5 Å². The highest BCUT2D eigenvalue weighted by atomic mass is 16.6. The van der Waals surface area contributed by atoms with Crippen molar-refractivity contribution in [2.75, 3.05) is 7.11 Å². The Labute approximate surface area is 157 Å². The summed E-state index contributed by atoms with van der Waals surface area (Å²) in [6.45, 7) is 0. The molecule has 0 heterocycles. The Kier molecular flexibility index (Phi) is 5.86. The van der Waals surface area contributed by atoms with Crippen LogP contribution in [0.1, 0.15) is 41.6 Å². The topological polar surface area (TPSA) is 78.7 Å². The number of hydrogen-bond donors (Lipinski definition) is 0. The largest absolute Gasteiger partial charge is 0.493 e. The van der Waals surface area contributed by atoms with Crippen LogP contribution in [-0.2, 0) is 0 Å². The number of ether oxygens (including phenoxy) is 2. The molecule has 1 saturated carbocycles. The number of carbonyl (C=O) groups excluding carboxylic acids is 1. The molecule has 1 fully saturated rings. The van der Waals surface area contributed by atoms with Crippen LogP contribution < -0.4 is 9.47 Å². The van der Waals surface area contributed by atoms with Crippen LogP contribution in [0.15, 0.2) is 48.5 Å². The van der Waals surface area contributed by atoms with Gasteiger partial charge >= 0.3 is 0 Å². The monoisotopic (exact) mass is 367 g/mol. The summed E-state index contributed by atoms with van der Waals surface area (Å²) in [5.41, 5.74) is 1.23. The van der Waals surface area contributed by atoms with Gasteiger partial charge in [0.25, 0.3) is 5.69 Å². The van der Waals surface area contributed by atoms with Gasteiger partial charge in [0.05, 0.1) is 18.1 Å². The van der Waals surface area contributed by atoms with E-state index in [0.717, 1.165) is 25.7 Å². The molecule has 0 spiro atoms. The third-order valence-corrected chi connectivity index (χ3v) is 4.58. The van der Waals surface area contributed by atoms with Crippen molar-refractivity contribution < 1.29 is 19.2 Å². The number of nitrogens with zero attached hydrogens (tertiary/aromatic N) is 1. The molecule has 0 radical (unpaired) electrons. The molecule has 27 heavy (non-hydrogen) atoms. The first-order valence-corrected chi connectivity index (χ1v) is 8.88. The number of hydrogen-bond acceptors (Lipinski definition) is 5. The highest BCUT2D eigenvalue weighted by Crippen LogP contribution is 2.32. The lowest BCUT2D eigenvalue weighted by atomic mass is 10.1. The number of benzene rings is 2. The molecular formula is C21H21NO5. The van der Waals surface area contributed by atoms with Crippen LogP contribution in [0, 0.1) is 10.1 Å². The van der Waals surface area contributed by atoms with Crippen molar-refractivity contribution in [3.63, 3.8) is 0 Å². The van der Waals surface area contributed by atoms with Crippen LogP contribution in [0.3, 0.4) is 0 Å². The second kappa shape index (κ2) is 8.49. The molecule has 2 aromatic rings. The summed E-state index contributed by atoms with van der Waals surface area (Å²) in [6.07, 6.45) is 7.59. The summed E-state index contributed by atoms with van der Waals surface area (Å²) in [5, 5.41) is 10.7. The van der Waals surface area contributed by atoms with E-state index in [-0.39, 0.29) is 17.6 Å². The summed E-state index contributed by atoms with van der Waals surface area (Å²) >= 11 is 0. The highest BCUT2D eigenvalue weighted by Gasteiger charge is 2.19. The molecule has 0 N–H and O–H groups in total. The van der Waals surface area contributed by atoms with Crippen molar-refractivity contribution in [2.45, 2.75) is 31.8 Å². The molecule has 0 atom stereocenters. The van der Waals surface area contributed by atoms with Gasteiger partial charge in [-0.05, 0) is 67.7 Å². The van der Waals surface area contributed by atoms with Crippen LogP contribution >= 0.6 is 0 Å². The Morgan fingerprint density at radius 3 is 2.44 bits per heavy atom. The van der Waals surface area contributed by atoms with E-state index in [1.807, 2.05) is 0 Å². The highest BCUT2D eigenvalue weighted by molar-refractivity contribution is 6.07. The zero-order valence-electron chi connectivity index (χ0n) is 15.1. The number of non-ortho nitro benzene ring substituents is 1. The Morgan fingerprint density at radius 2 is 1.81 bits per heavy atom. The third-order valence-electron chi connectivity index (χ3n) is 4.58. The third kappa shape index (κ3) is 4.73. The molecule has 0 aromatic heterocycles. The zero-order chi connectivity index (χ0) is 19.2. The predicted molar refractivity (Wildman–Crippen MR) is 102 cm³/mol. The minimum atomic E-state index is -0.456. The van der Waals surface area contributed by atoms with Gasteiger partial charge in [0.15, 0.2) is 17.3 Å². The first-order chi connectivity index (χ1) is 13.1. The van der Waals surface area contributed by atoms with E-state index >= 15 is 0 Å². The minimum absolute atomic E-state index is 0.0161. The normalized spacial score (nSPS) is 14.4. The fourth-order valence-corrected chi connectivity index (χ4v) is 3.08. The summed E-state index contributed by atoms with van der Waals surface area (Å²) in [4.78, 5) is 22.7. The zero-order valence-corrected chi connectivity index (χ0v) is 15.1. The molecule has 0 aliphatic heterocycles. The van der Waals surface area contributed by atoms with Gasteiger partial charge in [-0.15, -0.1) is 0 Å². The van der Waals surface area contributed by atoms with E-state index in [4.69, 9.17) is 9.47 Å². The maximum Gasteiger partial charge on any atom is 0.269 e. The number of nitro benzene ring substituents is 1. The molecule has 2 aromatic carbocycles. The van der Waals surface area contributed by atoms with E-state index in [2.05, 4.69) is 0 Å². The molecule has 0 amide bonds. The van der Waals surface area contributed by atoms with E-state index in [9.17, 15) is 14.9 Å². The van der Waals surface area contributed by atoms with E-state index in [1.165, 1.54) is 18.2 Å². The van der Waals surface area contributed by atoms with Crippen molar-refractivity contribution >= 4 is 17.5 Å². The van der Waals surface area contributed by atoms with E-state index in [0.29, 0.717) is 22.6 Å². The van der Waals surface area contributed by atoms with Crippen LogP contribution in [-0.4, -0.2) is 23.9 Å². The van der Waals surface area contributed by atoms with Crippen molar-refractivity contribution in [1.29, 1.82) is 0 Å². The smallest absolute Gasteiger partial charge is 0.269 e. The van der Waals surface area contributed by atoms with Gasteiger partial charge in [-0.2, -0.15) is 0 Å². The lowest BCUT2D eigenvalue weighted by Gasteiger charge is -2.16. The van der Waals surface area contributed by atoms with E-state index in [1.54, 1.807) is 43.5 Å². The standard InChI is InChI=1S/C21H21NO5/c1-26-20-13-9-16(14-21(20)27-18-4-2-3-5-18)19(23)12-8-15-6-10-17(11-7-15)22(24)25/h6-14,18H,2-5H2,1H3/b12-8+. The molecule has 1 aliphatic rings. The summed E-state index contributed by atoms with van der Waals surface area (Å²) in [5.74, 6) is 1.02. The van der Waals surface area contributed by atoms with Gasteiger partial charge in [-0.3, -0.25) is 14.9 Å². The van der Waals surface area contributed by atoms with Gasteiger partial charge in [-0.1, -0.05) is 6.08 Å². The van der Waals surface area contributed by atoms with Gasteiger partial charge in [0, 0.05) is 17.7 Å². The summed E-state index contributed by atoms with van der Waals surface area (Å²) in [7, 11) is 1.58. The van der Waals surface area contributed by atoms with Crippen molar-refractivity contribution in [2.24, 2.45) is 0 Å².